The number of ether oxygens (including phenoxy) is 2. The van der Waals surface area contributed by atoms with Gasteiger partial charge in [-0.05, 0) is 37.9 Å². The van der Waals surface area contributed by atoms with Crippen molar-refractivity contribution < 1.29 is 18.7 Å². The van der Waals surface area contributed by atoms with Gasteiger partial charge in [0.25, 0.3) is 0 Å². The predicted molar refractivity (Wildman–Crippen MR) is 77.8 cm³/mol. The maximum atomic E-state index is 13.3. The highest BCUT2D eigenvalue weighted by molar-refractivity contribution is 5.92. The number of carbonyl (C=O) groups is 1. The normalized spacial score (nSPS) is 17.7. The minimum atomic E-state index is -0.423. The van der Waals surface area contributed by atoms with Gasteiger partial charge in [-0.1, -0.05) is 0 Å². The fraction of sp³-hybridized carbons (Fsp3) is 0.533. The maximum absolute atomic E-state index is 13.3. The Morgan fingerprint density at radius 1 is 1.52 bits per heavy atom. The van der Waals surface area contributed by atoms with Crippen molar-refractivity contribution in [1.29, 1.82) is 0 Å². The summed E-state index contributed by atoms with van der Waals surface area (Å²) in [5.74, 6) is -0.172. The lowest BCUT2D eigenvalue weighted by molar-refractivity contribution is -0.116. The van der Waals surface area contributed by atoms with Gasteiger partial charge in [-0.3, -0.25) is 4.79 Å². The van der Waals surface area contributed by atoms with Crippen LogP contribution in [0.1, 0.15) is 25.7 Å². The minimum absolute atomic E-state index is 0.0656. The molecule has 1 aromatic carbocycles. The van der Waals surface area contributed by atoms with Crippen LogP contribution in [-0.2, 0) is 9.53 Å². The number of halogens is 1. The van der Waals surface area contributed by atoms with Gasteiger partial charge in [0, 0.05) is 19.1 Å². The maximum Gasteiger partial charge on any atom is 0.224 e. The van der Waals surface area contributed by atoms with E-state index in [1.165, 1.54) is 18.2 Å². The lowest BCUT2D eigenvalue weighted by Gasteiger charge is -2.15. The summed E-state index contributed by atoms with van der Waals surface area (Å²) in [5.41, 5.74) is 5.71. The molecular formula is C15H21FN2O3. The number of hydrogen-bond donors (Lipinski definition) is 2. The molecule has 1 aromatic rings. The van der Waals surface area contributed by atoms with Gasteiger partial charge in [-0.25, -0.2) is 4.39 Å². The Balaban J connectivity index is 1.97. The molecule has 3 N–H and O–H groups in total. The van der Waals surface area contributed by atoms with E-state index in [4.69, 9.17) is 15.2 Å². The molecule has 1 saturated heterocycles. The van der Waals surface area contributed by atoms with Crippen LogP contribution in [0.3, 0.4) is 0 Å². The Hall–Kier alpha value is -1.66. The molecule has 1 aliphatic heterocycles. The lowest BCUT2D eigenvalue weighted by Crippen LogP contribution is -2.18. The van der Waals surface area contributed by atoms with Crippen LogP contribution in [-0.4, -0.2) is 31.8 Å². The Labute approximate surface area is 123 Å². The zero-order valence-electron chi connectivity index (χ0n) is 11.9. The Morgan fingerprint density at radius 3 is 3.10 bits per heavy atom. The van der Waals surface area contributed by atoms with Gasteiger partial charge in [0.15, 0.2) is 0 Å². The molecule has 0 aromatic heterocycles. The van der Waals surface area contributed by atoms with E-state index in [0.29, 0.717) is 37.4 Å². The van der Waals surface area contributed by atoms with Crippen LogP contribution in [0.15, 0.2) is 18.2 Å². The van der Waals surface area contributed by atoms with Crippen molar-refractivity contribution in [2.75, 3.05) is 25.1 Å². The van der Waals surface area contributed by atoms with Gasteiger partial charge in [-0.2, -0.15) is 0 Å². The van der Waals surface area contributed by atoms with Crippen LogP contribution in [0.4, 0.5) is 10.1 Å². The van der Waals surface area contributed by atoms with Crippen molar-refractivity contribution in [2.24, 2.45) is 5.73 Å². The van der Waals surface area contributed by atoms with Gasteiger partial charge >= 0.3 is 0 Å². The van der Waals surface area contributed by atoms with E-state index in [2.05, 4.69) is 5.32 Å². The molecule has 1 amide bonds. The second-order valence-corrected chi connectivity index (χ2v) is 5.03. The highest BCUT2D eigenvalue weighted by Crippen LogP contribution is 2.26. The van der Waals surface area contributed by atoms with E-state index in [0.717, 1.165) is 19.4 Å². The number of hydrogen-bond acceptors (Lipinski definition) is 4. The second-order valence-electron chi connectivity index (χ2n) is 5.03. The van der Waals surface area contributed by atoms with Gasteiger partial charge in [0.1, 0.15) is 18.2 Å². The standard InChI is InChI=1S/C15H21FN2O3/c16-11-5-6-14(21-10-12-3-2-8-20-12)13(9-11)18-15(19)4-1-7-17/h5-6,9,12H,1-4,7-8,10,17H2,(H,18,19). The Kier molecular flexibility index (Phi) is 5.95. The largest absolute Gasteiger partial charge is 0.489 e. The summed E-state index contributed by atoms with van der Waals surface area (Å²) in [6.45, 7) is 1.59. The van der Waals surface area contributed by atoms with Gasteiger partial charge in [0.2, 0.25) is 5.91 Å². The van der Waals surface area contributed by atoms with Crippen molar-refractivity contribution in [1.82, 2.24) is 0 Å². The molecule has 1 aliphatic rings. The van der Waals surface area contributed by atoms with Crippen molar-refractivity contribution in [2.45, 2.75) is 31.8 Å². The van der Waals surface area contributed by atoms with Crippen molar-refractivity contribution in [3.63, 3.8) is 0 Å². The molecule has 1 unspecified atom stereocenters. The molecule has 1 fully saturated rings. The summed E-state index contributed by atoms with van der Waals surface area (Å²) in [6.07, 6.45) is 2.95. The number of nitrogens with one attached hydrogen (secondary N) is 1. The van der Waals surface area contributed by atoms with Crippen molar-refractivity contribution >= 4 is 11.6 Å². The SMILES string of the molecule is NCCCC(=O)Nc1cc(F)ccc1OCC1CCCO1. The first-order valence-electron chi connectivity index (χ1n) is 7.23. The molecule has 1 atom stereocenters. The Morgan fingerprint density at radius 2 is 2.38 bits per heavy atom. The molecule has 6 heteroatoms. The molecule has 0 spiro atoms. The predicted octanol–water partition coefficient (Wildman–Crippen LogP) is 2.06. The first kappa shape index (κ1) is 15.7. The fourth-order valence-corrected chi connectivity index (χ4v) is 2.16. The summed E-state index contributed by atoms with van der Waals surface area (Å²) in [4.78, 5) is 11.7. The van der Waals surface area contributed by atoms with E-state index in [9.17, 15) is 9.18 Å². The average Bonchev–Trinajstić information content (AvgIpc) is 2.97. The van der Waals surface area contributed by atoms with E-state index < -0.39 is 5.82 Å². The molecular weight excluding hydrogens is 275 g/mol. The number of carbonyl (C=O) groups excluding carboxylic acids is 1. The minimum Gasteiger partial charge on any atom is -0.489 e. The topological polar surface area (TPSA) is 73.6 Å². The quantitative estimate of drug-likeness (QED) is 0.807. The molecule has 0 radical (unpaired) electrons. The molecule has 5 nitrogen and oxygen atoms in total. The molecule has 21 heavy (non-hydrogen) atoms. The molecule has 0 aliphatic carbocycles. The van der Waals surface area contributed by atoms with Crippen LogP contribution >= 0.6 is 0 Å². The summed E-state index contributed by atoms with van der Waals surface area (Å²) in [7, 11) is 0. The van der Waals surface area contributed by atoms with Crippen LogP contribution in [0.2, 0.25) is 0 Å². The number of benzene rings is 1. The van der Waals surface area contributed by atoms with E-state index in [1.807, 2.05) is 0 Å². The molecule has 2 rings (SSSR count). The van der Waals surface area contributed by atoms with E-state index >= 15 is 0 Å². The third-order valence-electron chi connectivity index (χ3n) is 3.27. The molecule has 116 valence electrons. The number of nitrogens with two attached hydrogens (primary N) is 1. The third-order valence-corrected chi connectivity index (χ3v) is 3.27. The highest BCUT2D eigenvalue weighted by atomic mass is 19.1. The zero-order valence-corrected chi connectivity index (χ0v) is 11.9. The summed E-state index contributed by atoms with van der Waals surface area (Å²) < 4.78 is 24.5. The van der Waals surface area contributed by atoms with Gasteiger partial charge in [0.05, 0.1) is 11.8 Å². The molecule has 0 bridgehead atoms. The first-order chi connectivity index (χ1) is 10.2. The fourth-order valence-electron chi connectivity index (χ4n) is 2.16. The summed E-state index contributed by atoms with van der Waals surface area (Å²) >= 11 is 0. The second kappa shape index (κ2) is 7.95. The lowest BCUT2D eigenvalue weighted by atomic mass is 10.2. The average molecular weight is 296 g/mol. The molecule has 0 saturated carbocycles. The first-order valence-corrected chi connectivity index (χ1v) is 7.23. The molecule has 1 heterocycles. The summed E-state index contributed by atoms with van der Waals surface area (Å²) in [5, 5.41) is 2.66. The van der Waals surface area contributed by atoms with Crippen molar-refractivity contribution in [3.05, 3.63) is 24.0 Å². The monoisotopic (exact) mass is 296 g/mol. The number of rotatable bonds is 7. The van der Waals surface area contributed by atoms with E-state index in [1.54, 1.807) is 0 Å². The summed E-state index contributed by atoms with van der Waals surface area (Å²) in [6, 6.07) is 4.08. The smallest absolute Gasteiger partial charge is 0.224 e. The van der Waals surface area contributed by atoms with E-state index in [-0.39, 0.29) is 12.0 Å². The van der Waals surface area contributed by atoms with Crippen LogP contribution in [0, 0.1) is 5.82 Å². The number of amides is 1. The third kappa shape index (κ3) is 4.99. The van der Waals surface area contributed by atoms with Crippen LogP contribution < -0.4 is 15.8 Å². The van der Waals surface area contributed by atoms with Crippen LogP contribution in [0.25, 0.3) is 0 Å². The number of anilines is 1. The van der Waals surface area contributed by atoms with Gasteiger partial charge < -0.3 is 20.5 Å². The highest BCUT2D eigenvalue weighted by Gasteiger charge is 2.17. The van der Waals surface area contributed by atoms with Gasteiger partial charge in [-0.15, -0.1) is 0 Å². The van der Waals surface area contributed by atoms with Crippen LogP contribution in [0.5, 0.6) is 5.75 Å². The zero-order chi connectivity index (χ0) is 15.1. The Bertz CT molecular complexity index is 476. The van der Waals surface area contributed by atoms with Crippen molar-refractivity contribution in [3.8, 4) is 5.75 Å².